The van der Waals surface area contributed by atoms with Crippen molar-refractivity contribution in [2.24, 2.45) is 5.92 Å². The Morgan fingerprint density at radius 2 is 1.64 bits per heavy atom. The molecule has 0 aliphatic heterocycles. The third-order valence-electron chi connectivity index (χ3n) is 2.93. The van der Waals surface area contributed by atoms with Crippen molar-refractivity contribution in [1.29, 1.82) is 0 Å². The first-order valence-corrected chi connectivity index (χ1v) is 6.50. The van der Waals surface area contributed by atoms with Crippen molar-refractivity contribution in [2.45, 2.75) is 72.1 Å². The Hall–Kier alpha value is -0.260. The van der Waals surface area contributed by atoms with Crippen molar-refractivity contribution in [3.63, 3.8) is 0 Å². The van der Waals surface area contributed by atoms with Gasteiger partial charge in [0.2, 0.25) is 0 Å². The van der Waals surface area contributed by atoms with Crippen LogP contribution in [0.5, 0.6) is 0 Å². The van der Waals surface area contributed by atoms with Crippen molar-refractivity contribution in [3.8, 4) is 0 Å². The minimum atomic E-state index is 0.991. The molecule has 0 radical (unpaired) electrons. The molecule has 0 aromatic rings. The van der Waals surface area contributed by atoms with Crippen LogP contribution in [0.1, 0.15) is 72.1 Å². The highest BCUT2D eigenvalue weighted by Crippen LogP contribution is 2.19. The summed E-state index contributed by atoms with van der Waals surface area (Å²) >= 11 is 0. The minimum Gasteiger partial charge on any atom is -0.0888 e. The van der Waals surface area contributed by atoms with Gasteiger partial charge in [0.1, 0.15) is 0 Å². The Balaban J connectivity index is 3.37. The lowest BCUT2D eigenvalue weighted by Crippen LogP contribution is -1.98. The summed E-state index contributed by atoms with van der Waals surface area (Å²) in [5.74, 6) is 0.991. The summed E-state index contributed by atoms with van der Waals surface area (Å²) < 4.78 is 0. The lowest BCUT2D eigenvalue weighted by molar-refractivity contribution is 0.411. The van der Waals surface area contributed by atoms with Gasteiger partial charge in [-0.05, 0) is 25.2 Å². The molecule has 0 heterocycles. The summed E-state index contributed by atoms with van der Waals surface area (Å²) in [6.07, 6.45) is 15.5. The Kier molecular flexibility index (Phi) is 10.6. The Bertz CT molecular complexity index is 124. The van der Waals surface area contributed by atoms with Crippen molar-refractivity contribution in [3.05, 3.63) is 12.2 Å². The SMILES string of the molecule is CC/C=C/CCCC(CC)CCCC. The highest BCUT2D eigenvalue weighted by molar-refractivity contribution is 4.80. The van der Waals surface area contributed by atoms with Gasteiger partial charge in [0.15, 0.2) is 0 Å². The van der Waals surface area contributed by atoms with Gasteiger partial charge in [0.05, 0.1) is 0 Å². The van der Waals surface area contributed by atoms with Gasteiger partial charge in [0.25, 0.3) is 0 Å². The highest BCUT2D eigenvalue weighted by Gasteiger charge is 2.03. The molecule has 0 N–H and O–H groups in total. The predicted molar refractivity (Wildman–Crippen MR) is 66.6 cm³/mol. The summed E-state index contributed by atoms with van der Waals surface area (Å²) in [6.45, 7) is 6.82. The van der Waals surface area contributed by atoms with Crippen LogP contribution in [0.4, 0.5) is 0 Å². The largest absolute Gasteiger partial charge is 0.0888 e. The van der Waals surface area contributed by atoms with Crippen LogP contribution in [-0.2, 0) is 0 Å². The van der Waals surface area contributed by atoms with Crippen LogP contribution in [-0.4, -0.2) is 0 Å². The van der Waals surface area contributed by atoms with E-state index in [1.54, 1.807) is 0 Å². The van der Waals surface area contributed by atoms with Crippen molar-refractivity contribution in [1.82, 2.24) is 0 Å². The molecule has 0 fully saturated rings. The molecule has 0 aliphatic carbocycles. The molecular formula is C14H28. The third kappa shape index (κ3) is 8.34. The van der Waals surface area contributed by atoms with E-state index in [-0.39, 0.29) is 0 Å². The van der Waals surface area contributed by atoms with E-state index in [2.05, 4.69) is 32.9 Å². The van der Waals surface area contributed by atoms with Crippen LogP contribution in [0.3, 0.4) is 0 Å². The van der Waals surface area contributed by atoms with Crippen LogP contribution in [0.2, 0.25) is 0 Å². The van der Waals surface area contributed by atoms with Crippen LogP contribution in [0, 0.1) is 5.92 Å². The first kappa shape index (κ1) is 13.7. The van der Waals surface area contributed by atoms with Gasteiger partial charge in [-0.1, -0.05) is 65.0 Å². The number of unbranched alkanes of at least 4 members (excludes halogenated alkanes) is 2. The summed E-state index contributed by atoms with van der Waals surface area (Å²) in [5, 5.41) is 0. The van der Waals surface area contributed by atoms with Gasteiger partial charge in [-0.2, -0.15) is 0 Å². The van der Waals surface area contributed by atoms with E-state index in [1.807, 2.05) is 0 Å². The Morgan fingerprint density at radius 1 is 0.929 bits per heavy atom. The first-order valence-electron chi connectivity index (χ1n) is 6.50. The predicted octanol–water partition coefficient (Wildman–Crippen LogP) is 5.34. The molecule has 0 amide bonds. The van der Waals surface area contributed by atoms with Crippen LogP contribution < -0.4 is 0 Å². The van der Waals surface area contributed by atoms with E-state index < -0.39 is 0 Å². The van der Waals surface area contributed by atoms with E-state index >= 15 is 0 Å². The average Bonchev–Trinajstić information content (AvgIpc) is 2.22. The smallest absolute Gasteiger partial charge is 0.0351 e. The molecule has 0 saturated carbocycles. The first-order chi connectivity index (χ1) is 6.85. The second-order valence-electron chi connectivity index (χ2n) is 4.23. The maximum Gasteiger partial charge on any atom is -0.0351 e. The van der Waals surface area contributed by atoms with Crippen LogP contribution >= 0.6 is 0 Å². The average molecular weight is 196 g/mol. The molecule has 0 aliphatic rings. The van der Waals surface area contributed by atoms with Crippen LogP contribution in [0.25, 0.3) is 0 Å². The maximum absolute atomic E-state index is 2.34. The zero-order chi connectivity index (χ0) is 10.6. The van der Waals surface area contributed by atoms with E-state index in [1.165, 1.54) is 51.4 Å². The Labute approximate surface area is 90.8 Å². The molecule has 0 aromatic carbocycles. The van der Waals surface area contributed by atoms with E-state index in [0.717, 1.165) is 5.92 Å². The van der Waals surface area contributed by atoms with Crippen molar-refractivity contribution in [2.75, 3.05) is 0 Å². The fraction of sp³-hybridized carbons (Fsp3) is 0.857. The number of rotatable bonds is 9. The summed E-state index contributed by atoms with van der Waals surface area (Å²) in [5.41, 5.74) is 0. The monoisotopic (exact) mass is 196 g/mol. The summed E-state index contributed by atoms with van der Waals surface area (Å²) in [7, 11) is 0. The maximum atomic E-state index is 2.34. The van der Waals surface area contributed by atoms with Crippen LogP contribution in [0.15, 0.2) is 12.2 Å². The fourth-order valence-corrected chi connectivity index (χ4v) is 1.85. The normalized spacial score (nSPS) is 13.6. The molecule has 14 heavy (non-hydrogen) atoms. The molecule has 0 spiro atoms. The fourth-order valence-electron chi connectivity index (χ4n) is 1.85. The van der Waals surface area contributed by atoms with Gasteiger partial charge < -0.3 is 0 Å². The van der Waals surface area contributed by atoms with Gasteiger partial charge in [-0.3, -0.25) is 0 Å². The molecular weight excluding hydrogens is 168 g/mol. The zero-order valence-electron chi connectivity index (χ0n) is 10.4. The summed E-state index contributed by atoms with van der Waals surface area (Å²) in [4.78, 5) is 0. The Morgan fingerprint density at radius 3 is 2.21 bits per heavy atom. The number of hydrogen-bond acceptors (Lipinski definition) is 0. The molecule has 84 valence electrons. The second-order valence-corrected chi connectivity index (χ2v) is 4.23. The molecule has 0 bridgehead atoms. The standard InChI is InChI=1S/C14H28/c1-4-7-9-10-11-13-14(6-3)12-8-5-2/h7,9,14H,4-6,8,10-13H2,1-3H3/b9-7+. The lowest BCUT2D eigenvalue weighted by Gasteiger charge is -2.13. The molecule has 0 saturated heterocycles. The van der Waals surface area contributed by atoms with E-state index in [9.17, 15) is 0 Å². The second kappa shape index (κ2) is 10.8. The molecule has 1 atom stereocenters. The van der Waals surface area contributed by atoms with Gasteiger partial charge in [-0.25, -0.2) is 0 Å². The molecule has 0 heteroatoms. The quantitative estimate of drug-likeness (QED) is 0.345. The molecule has 1 unspecified atom stereocenters. The zero-order valence-corrected chi connectivity index (χ0v) is 10.4. The number of hydrogen-bond donors (Lipinski definition) is 0. The van der Waals surface area contributed by atoms with Gasteiger partial charge in [-0.15, -0.1) is 0 Å². The van der Waals surface area contributed by atoms with E-state index in [4.69, 9.17) is 0 Å². The molecule has 0 nitrogen and oxygen atoms in total. The van der Waals surface area contributed by atoms with Gasteiger partial charge in [0, 0.05) is 0 Å². The van der Waals surface area contributed by atoms with Gasteiger partial charge >= 0.3 is 0 Å². The topological polar surface area (TPSA) is 0 Å². The van der Waals surface area contributed by atoms with E-state index in [0.29, 0.717) is 0 Å². The highest BCUT2D eigenvalue weighted by atomic mass is 14.1. The molecule has 0 rings (SSSR count). The molecule has 0 aromatic heterocycles. The third-order valence-corrected chi connectivity index (χ3v) is 2.93. The minimum absolute atomic E-state index is 0.991. The van der Waals surface area contributed by atoms with Crippen molar-refractivity contribution < 1.29 is 0 Å². The summed E-state index contributed by atoms with van der Waals surface area (Å²) in [6, 6.07) is 0. The number of allylic oxidation sites excluding steroid dienone is 2. The van der Waals surface area contributed by atoms with Crippen molar-refractivity contribution >= 4 is 0 Å². The lowest BCUT2D eigenvalue weighted by atomic mass is 9.93.